The van der Waals surface area contributed by atoms with Gasteiger partial charge < -0.3 is 9.26 Å². The number of hydrogen-bond donors (Lipinski definition) is 1. The van der Waals surface area contributed by atoms with E-state index in [1.54, 1.807) is 30.3 Å². The van der Waals surface area contributed by atoms with Gasteiger partial charge in [-0.3, -0.25) is 0 Å². The number of rotatable bonds is 7. The van der Waals surface area contributed by atoms with Crippen LogP contribution in [0, 0.1) is 0 Å². The van der Waals surface area contributed by atoms with Crippen LogP contribution >= 0.6 is 11.6 Å². The number of methoxy groups -OCH3 is 1. The van der Waals surface area contributed by atoms with Crippen molar-refractivity contribution in [2.75, 3.05) is 13.7 Å². The molecule has 2 aromatic carbocycles. The van der Waals surface area contributed by atoms with Crippen LogP contribution in [0.1, 0.15) is 5.89 Å². The minimum atomic E-state index is -3.62. The lowest BCUT2D eigenvalue weighted by Crippen LogP contribution is -2.26. The summed E-state index contributed by atoms with van der Waals surface area (Å²) in [5.41, 5.74) is 0.656. The lowest BCUT2D eigenvalue weighted by atomic mass is 10.2. The Bertz CT molecular complexity index is 987. The first-order valence-corrected chi connectivity index (χ1v) is 9.57. The summed E-state index contributed by atoms with van der Waals surface area (Å²) < 4.78 is 37.2. The van der Waals surface area contributed by atoms with E-state index in [1.165, 1.54) is 19.2 Å². The van der Waals surface area contributed by atoms with Crippen LogP contribution in [0.25, 0.3) is 11.4 Å². The summed E-state index contributed by atoms with van der Waals surface area (Å²) in [5.74, 6) is 1.27. The molecule has 0 bridgehead atoms. The molecule has 3 rings (SSSR count). The smallest absolute Gasteiger partial charge is 0.240 e. The molecule has 0 aliphatic carbocycles. The number of nitrogens with one attached hydrogen (secondary N) is 1. The maximum atomic E-state index is 12.3. The third kappa shape index (κ3) is 4.21. The molecule has 26 heavy (non-hydrogen) atoms. The van der Waals surface area contributed by atoms with Gasteiger partial charge in [-0.05, 0) is 36.4 Å². The lowest BCUT2D eigenvalue weighted by Gasteiger charge is -2.06. The van der Waals surface area contributed by atoms with Gasteiger partial charge >= 0.3 is 0 Å². The van der Waals surface area contributed by atoms with E-state index in [4.69, 9.17) is 20.9 Å². The van der Waals surface area contributed by atoms with Gasteiger partial charge in [-0.1, -0.05) is 28.9 Å². The molecule has 0 fully saturated rings. The summed E-state index contributed by atoms with van der Waals surface area (Å²) >= 11 is 6.10. The molecule has 0 spiro atoms. The Labute approximate surface area is 156 Å². The van der Waals surface area contributed by atoms with Gasteiger partial charge in [-0.15, -0.1) is 0 Å². The predicted octanol–water partition coefficient (Wildman–Crippen LogP) is 2.92. The SMILES string of the molecule is COc1ccc(S(=O)(=O)NCCc2nc(-c3ccccc3Cl)no2)cc1. The molecule has 0 saturated carbocycles. The van der Waals surface area contributed by atoms with Crippen molar-refractivity contribution in [3.63, 3.8) is 0 Å². The first-order valence-electron chi connectivity index (χ1n) is 7.71. The fourth-order valence-corrected chi connectivity index (χ4v) is 3.49. The lowest BCUT2D eigenvalue weighted by molar-refractivity contribution is 0.379. The Balaban J connectivity index is 1.62. The summed E-state index contributed by atoms with van der Waals surface area (Å²) in [7, 11) is -2.11. The fourth-order valence-electron chi connectivity index (χ4n) is 2.24. The highest BCUT2D eigenvalue weighted by molar-refractivity contribution is 7.89. The van der Waals surface area contributed by atoms with E-state index in [1.807, 2.05) is 6.07 Å². The molecular formula is C17H16ClN3O4S. The second-order valence-corrected chi connectivity index (χ2v) is 7.49. The van der Waals surface area contributed by atoms with Gasteiger partial charge in [0.2, 0.25) is 21.7 Å². The Morgan fingerprint density at radius 3 is 2.58 bits per heavy atom. The minimum absolute atomic E-state index is 0.124. The van der Waals surface area contributed by atoms with Crippen LogP contribution in [-0.4, -0.2) is 32.2 Å². The summed E-state index contributed by atoms with van der Waals surface area (Å²) in [6, 6.07) is 13.3. The van der Waals surface area contributed by atoms with Gasteiger partial charge in [0.15, 0.2) is 0 Å². The van der Waals surface area contributed by atoms with Crippen molar-refractivity contribution >= 4 is 21.6 Å². The number of sulfonamides is 1. The maximum Gasteiger partial charge on any atom is 0.240 e. The first kappa shape index (κ1) is 18.4. The van der Waals surface area contributed by atoms with Crippen molar-refractivity contribution in [3.8, 4) is 17.1 Å². The van der Waals surface area contributed by atoms with Crippen molar-refractivity contribution in [1.29, 1.82) is 0 Å². The van der Waals surface area contributed by atoms with Gasteiger partial charge in [0.1, 0.15) is 5.75 Å². The van der Waals surface area contributed by atoms with Gasteiger partial charge in [0.25, 0.3) is 0 Å². The summed E-state index contributed by atoms with van der Waals surface area (Å²) in [6.45, 7) is 0.124. The standard InChI is InChI=1S/C17H16ClN3O4S/c1-24-12-6-8-13(9-7-12)26(22,23)19-11-10-16-20-17(21-25-16)14-4-2-3-5-15(14)18/h2-9,19H,10-11H2,1H3. The van der Waals surface area contributed by atoms with Crippen LogP contribution in [0.5, 0.6) is 5.75 Å². The second-order valence-electron chi connectivity index (χ2n) is 5.31. The highest BCUT2D eigenvalue weighted by Gasteiger charge is 2.15. The van der Waals surface area contributed by atoms with Crippen LogP contribution in [0.15, 0.2) is 57.9 Å². The minimum Gasteiger partial charge on any atom is -0.497 e. The molecule has 9 heteroatoms. The summed E-state index contributed by atoms with van der Waals surface area (Å²) in [6.07, 6.45) is 0.257. The molecule has 0 unspecified atom stereocenters. The fraction of sp³-hybridized carbons (Fsp3) is 0.176. The van der Waals surface area contributed by atoms with E-state index in [2.05, 4.69) is 14.9 Å². The van der Waals surface area contributed by atoms with Gasteiger partial charge in [-0.2, -0.15) is 4.98 Å². The maximum absolute atomic E-state index is 12.3. The first-order chi connectivity index (χ1) is 12.5. The predicted molar refractivity (Wildman–Crippen MR) is 96.6 cm³/mol. The number of nitrogens with zero attached hydrogens (tertiary/aromatic N) is 2. The normalized spacial score (nSPS) is 11.5. The van der Waals surface area contributed by atoms with E-state index >= 15 is 0 Å². The Kier molecular flexibility index (Phi) is 5.55. The zero-order chi connectivity index (χ0) is 18.6. The van der Waals surface area contributed by atoms with E-state index in [0.29, 0.717) is 28.1 Å². The molecular weight excluding hydrogens is 378 g/mol. The van der Waals surface area contributed by atoms with Crippen molar-refractivity contribution in [2.24, 2.45) is 0 Å². The highest BCUT2D eigenvalue weighted by Crippen LogP contribution is 2.24. The third-order valence-corrected chi connectivity index (χ3v) is 5.39. The zero-order valence-electron chi connectivity index (χ0n) is 13.8. The number of aromatic nitrogens is 2. The molecule has 0 atom stereocenters. The molecule has 1 N–H and O–H groups in total. The molecule has 3 aromatic rings. The molecule has 0 amide bonds. The van der Waals surface area contributed by atoms with Crippen LogP contribution in [0.4, 0.5) is 0 Å². The highest BCUT2D eigenvalue weighted by atomic mass is 35.5. The monoisotopic (exact) mass is 393 g/mol. The Morgan fingerprint density at radius 1 is 1.15 bits per heavy atom. The summed E-state index contributed by atoms with van der Waals surface area (Å²) in [4.78, 5) is 4.40. The number of hydrogen-bond acceptors (Lipinski definition) is 6. The van der Waals surface area contributed by atoms with Crippen LogP contribution < -0.4 is 9.46 Å². The molecule has 136 valence electrons. The number of halogens is 1. The molecule has 1 aromatic heterocycles. The average molecular weight is 394 g/mol. The molecule has 0 saturated heterocycles. The molecule has 0 aliphatic rings. The van der Waals surface area contributed by atoms with E-state index in [9.17, 15) is 8.42 Å². The number of benzene rings is 2. The van der Waals surface area contributed by atoms with E-state index in [0.717, 1.165) is 0 Å². The van der Waals surface area contributed by atoms with Crippen molar-refractivity contribution in [2.45, 2.75) is 11.3 Å². The van der Waals surface area contributed by atoms with E-state index in [-0.39, 0.29) is 17.9 Å². The third-order valence-electron chi connectivity index (χ3n) is 3.58. The average Bonchev–Trinajstić information content (AvgIpc) is 3.10. The topological polar surface area (TPSA) is 94.3 Å². The zero-order valence-corrected chi connectivity index (χ0v) is 15.4. The Hall–Kier alpha value is -2.42. The van der Waals surface area contributed by atoms with Crippen LogP contribution in [0.3, 0.4) is 0 Å². The van der Waals surface area contributed by atoms with Crippen LogP contribution in [-0.2, 0) is 16.4 Å². The number of ether oxygens (including phenoxy) is 1. The van der Waals surface area contributed by atoms with E-state index < -0.39 is 10.0 Å². The Morgan fingerprint density at radius 2 is 1.88 bits per heavy atom. The van der Waals surface area contributed by atoms with Gasteiger partial charge in [-0.25, -0.2) is 13.1 Å². The van der Waals surface area contributed by atoms with Gasteiger partial charge in [0, 0.05) is 18.5 Å². The largest absolute Gasteiger partial charge is 0.497 e. The molecule has 0 aliphatic heterocycles. The summed E-state index contributed by atoms with van der Waals surface area (Å²) in [5, 5.41) is 4.39. The van der Waals surface area contributed by atoms with Crippen molar-refractivity contribution in [3.05, 3.63) is 59.4 Å². The molecule has 1 heterocycles. The molecule has 0 radical (unpaired) electrons. The quantitative estimate of drug-likeness (QED) is 0.663. The molecule has 7 nitrogen and oxygen atoms in total. The van der Waals surface area contributed by atoms with Crippen molar-refractivity contribution in [1.82, 2.24) is 14.9 Å². The van der Waals surface area contributed by atoms with Gasteiger partial charge in [0.05, 0.1) is 17.0 Å². The second kappa shape index (κ2) is 7.86. The van der Waals surface area contributed by atoms with Crippen molar-refractivity contribution < 1.29 is 17.7 Å². The van der Waals surface area contributed by atoms with Crippen LogP contribution in [0.2, 0.25) is 5.02 Å².